The highest BCUT2D eigenvalue weighted by atomic mass is 16.1. The molecular formula is C20H33N3O. The number of rotatable bonds is 8. The van der Waals surface area contributed by atoms with Gasteiger partial charge in [0, 0.05) is 24.0 Å². The van der Waals surface area contributed by atoms with E-state index >= 15 is 0 Å². The summed E-state index contributed by atoms with van der Waals surface area (Å²) in [5.74, 6) is 0.390. The van der Waals surface area contributed by atoms with Crippen molar-refractivity contribution in [3.63, 3.8) is 0 Å². The van der Waals surface area contributed by atoms with E-state index in [0.29, 0.717) is 6.54 Å². The molecule has 0 aromatic heterocycles. The number of nitrogens with one attached hydrogen (secondary N) is 3. The number of carbonyl (C=O) groups is 1. The lowest BCUT2D eigenvalue weighted by molar-refractivity contribution is -0.126. The molecule has 1 atom stereocenters. The summed E-state index contributed by atoms with van der Waals surface area (Å²) in [5, 5.41) is 10.3. The predicted octanol–water partition coefficient (Wildman–Crippen LogP) is 3.01. The molecular weight excluding hydrogens is 298 g/mol. The lowest BCUT2D eigenvalue weighted by atomic mass is 9.89. The summed E-state index contributed by atoms with van der Waals surface area (Å²) in [6, 6.07) is 10.8. The van der Waals surface area contributed by atoms with E-state index in [9.17, 15) is 4.79 Å². The summed E-state index contributed by atoms with van der Waals surface area (Å²) in [5.41, 5.74) is 1.23. The molecule has 2 rings (SSSR count). The van der Waals surface area contributed by atoms with E-state index in [1.165, 1.54) is 5.56 Å². The third-order valence-corrected chi connectivity index (χ3v) is 5.49. The van der Waals surface area contributed by atoms with Gasteiger partial charge in [0.1, 0.15) is 0 Å². The molecule has 1 aromatic carbocycles. The lowest BCUT2D eigenvalue weighted by Gasteiger charge is -2.37. The fourth-order valence-electron chi connectivity index (χ4n) is 3.52. The van der Waals surface area contributed by atoms with E-state index in [-0.39, 0.29) is 23.4 Å². The van der Waals surface area contributed by atoms with Gasteiger partial charge >= 0.3 is 0 Å². The Kier molecular flexibility index (Phi) is 7.25. The quantitative estimate of drug-likeness (QED) is 0.686. The molecule has 1 fully saturated rings. The van der Waals surface area contributed by atoms with Gasteiger partial charge < -0.3 is 16.0 Å². The van der Waals surface area contributed by atoms with Gasteiger partial charge in [-0.2, -0.15) is 0 Å². The minimum atomic E-state index is -0.0577. The SMILES string of the molecule is CCC(CC)(CNC(=O)C1CCNCC1)NC(C)c1ccccc1. The van der Waals surface area contributed by atoms with E-state index in [0.717, 1.165) is 38.8 Å². The smallest absolute Gasteiger partial charge is 0.223 e. The molecule has 0 spiro atoms. The van der Waals surface area contributed by atoms with E-state index in [1.807, 2.05) is 6.07 Å². The minimum absolute atomic E-state index is 0.0577. The third kappa shape index (κ3) is 5.05. The van der Waals surface area contributed by atoms with Crippen LogP contribution in [0.5, 0.6) is 0 Å². The van der Waals surface area contributed by atoms with Crippen molar-refractivity contribution >= 4 is 5.91 Å². The van der Waals surface area contributed by atoms with Gasteiger partial charge in [0.25, 0.3) is 0 Å². The highest BCUT2D eigenvalue weighted by molar-refractivity contribution is 5.78. The van der Waals surface area contributed by atoms with Crippen LogP contribution in [-0.4, -0.2) is 31.1 Å². The van der Waals surface area contributed by atoms with Crippen molar-refractivity contribution in [2.75, 3.05) is 19.6 Å². The van der Waals surface area contributed by atoms with Gasteiger partial charge in [-0.1, -0.05) is 44.2 Å². The molecule has 1 heterocycles. The molecule has 134 valence electrons. The standard InChI is InChI=1S/C20H33N3O/c1-4-20(5-2,23-16(3)17-9-7-6-8-10-17)15-22-19(24)18-11-13-21-14-12-18/h6-10,16,18,21,23H,4-5,11-15H2,1-3H3,(H,22,24). The van der Waals surface area contributed by atoms with Gasteiger partial charge in [-0.05, 0) is 51.3 Å². The van der Waals surface area contributed by atoms with Gasteiger partial charge in [0.15, 0.2) is 0 Å². The zero-order valence-corrected chi connectivity index (χ0v) is 15.4. The predicted molar refractivity (Wildman–Crippen MR) is 99.9 cm³/mol. The Labute approximate surface area is 146 Å². The second-order valence-corrected chi connectivity index (χ2v) is 7.01. The zero-order chi connectivity index (χ0) is 17.4. The van der Waals surface area contributed by atoms with Crippen molar-refractivity contribution in [3.05, 3.63) is 35.9 Å². The molecule has 1 aliphatic heterocycles. The van der Waals surface area contributed by atoms with Crippen molar-refractivity contribution in [1.82, 2.24) is 16.0 Å². The van der Waals surface area contributed by atoms with Crippen LogP contribution in [0.25, 0.3) is 0 Å². The van der Waals surface area contributed by atoms with Crippen molar-refractivity contribution in [2.24, 2.45) is 5.92 Å². The molecule has 4 nitrogen and oxygen atoms in total. The normalized spacial score (nSPS) is 17.5. The van der Waals surface area contributed by atoms with Crippen LogP contribution >= 0.6 is 0 Å². The highest BCUT2D eigenvalue weighted by Gasteiger charge is 2.30. The number of amides is 1. The first-order valence-corrected chi connectivity index (χ1v) is 9.41. The Balaban J connectivity index is 1.94. The average molecular weight is 332 g/mol. The maximum atomic E-state index is 12.5. The van der Waals surface area contributed by atoms with E-state index in [2.05, 4.69) is 61.0 Å². The van der Waals surface area contributed by atoms with Crippen molar-refractivity contribution in [3.8, 4) is 0 Å². The minimum Gasteiger partial charge on any atom is -0.354 e. The first-order valence-electron chi connectivity index (χ1n) is 9.41. The van der Waals surface area contributed by atoms with Gasteiger partial charge in [-0.3, -0.25) is 4.79 Å². The summed E-state index contributed by atoms with van der Waals surface area (Å²) in [6.45, 7) is 9.20. The summed E-state index contributed by atoms with van der Waals surface area (Å²) >= 11 is 0. The van der Waals surface area contributed by atoms with E-state index in [1.54, 1.807) is 0 Å². The Morgan fingerprint density at radius 2 is 1.83 bits per heavy atom. The Morgan fingerprint density at radius 1 is 1.21 bits per heavy atom. The topological polar surface area (TPSA) is 53.2 Å². The average Bonchev–Trinajstić information content (AvgIpc) is 2.66. The van der Waals surface area contributed by atoms with Crippen LogP contribution in [0, 0.1) is 5.92 Å². The highest BCUT2D eigenvalue weighted by Crippen LogP contribution is 2.22. The molecule has 4 heteroatoms. The lowest BCUT2D eigenvalue weighted by Crippen LogP contribution is -2.54. The number of hydrogen-bond donors (Lipinski definition) is 3. The maximum Gasteiger partial charge on any atom is 0.223 e. The van der Waals surface area contributed by atoms with Gasteiger partial charge in [0.2, 0.25) is 5.91 Å². The summed E-state index contributed by atoms with van der Waals surface area (Å²) < 4.78 is 0. The largest absolute Gasteiger partial charge is 0.354 e. The van der Waals surface area contributed by atoms with Crippen molar-refractivity contribution in [2.45, 2.75) is 58.0 Å². The molecule has 0 bridgehead atoms. The molecule has 1 aliphatic rings. The van der Waals surface area contributed by atoms with Crippen LogP contribution in [0.15, 0.2) is 30.3 Å². The first kappa shape index (κ1) is 18.9. The molecule has 1 amide bonds. The van der Waals surface area contributed by atoms with Crippen LogP contribution in [0.2, 0.25) is 0 Å². The van der Waals surface area contributed by atoms with Gasteiger partial charge in [0.05, 0.1) is 0 Å². The molecule has 3 N–H and O–H groups in total. The Hall–Kier alpha value is -1.39. The van der Waals surface area contributed by atoms with Crippen molar-refractivity contribution < 1.29 is 4.79 Å². The van der Waals surface area contributed by atoms with Gasteiger partial charge in [-0.25, -0.2) is 0 Å². The molecule has 0 aliphatic carbocycles. The molecule has 1 saturated heterocycles. The second-order valence-electron chi connectivity index (χ2n) is 7.01. The molecule has 24 heavy (non-hydrogen) atoms. The fraction of sp³-hybridized carbons (Fsp3) is 0.650. The molecule has 1 aromatic rings. The van der Waals surface area contributed by atoms with E-state index in [4.69, 9.17) is 0 Å². The van der Waals surface area contributed by atoms with Crippen LogP contribution in [0.4, 0.5) is 0 Å². The second kappa shape index (κ2) is 9.19. The summed E-state index contributed by atoms with van der Waals surface area (Å²) in [7, 11) is 0. The molecule has 0 radical (unpaired) electrons. The molecule has 1 unspecified atom stereocenters. The van der Waals surface area contributed by atoms with Crippen LogP contribution < -0.4 is 16.0 Å². The number of piperidine rings is 1. The fourth-order valence-corrected chi connectivity index (χ4v) is 3.52. The van der Waals surface area contributed by atoms with Gasteiger partial charge in [-0.15, -0.1) is 0 Å². The Morgan fingerprint density at radius 3 is 2.42 bits per heavy atom. The molecule has 0 saturated carbocycles. The monoisotopic (exact) mass is 331 g/mol. The number of hydrogen-bond acceptors (Lipinski definition) is 3. The number of benzene rings is 1. The van der Waals surface area contributed by atoms with E-state index < -0.39 is 0 Å². The number of carbonyl (C=O) groups excluding carboxylic acids is 1. The van der Waals surface area contributed by atoms with Crippen LogP contribution in [0.1, 0.15) is 58.1 Å². The van der Waals surface area contributed by atoms with Crippen LogP contribution in [-0.2, 0) is 4.79 Å². The van der Waals surface area contributed by atoms with Crippen LogP contribution in [0.3, 0.4) is 0 Å². The zero-order valence-electron chi connectivity index (χ0n) is 15.4. The maximum absolute atomic E-state index is 12.5. The summed E-state index contributed by atoms with van der Waals surface area (Å²) in [4.78, 5) is 12.5. The Bertz CT molecular complexity index is 493. The summed E-state index contributed by atoms with van der Waals surface area (Å²) in [6.07, 6.45) is 3.89. The first-order chi connectivity index (χ1) is 11.6. The third-order valence-electron chi connectivity index (χ3n) is 5.49. The van der Waals surface area contributed by atoms with Crippen molar-refractivity contribution in [1.29, 1.82) is 0 Å².